The van der Waals surface area contributed by atoms with Crippen LogP contribution >= 0.6 is 0 Å². The Labute approximate surface area is 100 Å². The van der Waals surface area contributed by atoms with E-state index in [0.717, 1.165) is 0 Å². The molecule has 12 heteroatoms. The van der Waals surface area contributed by atoms with E-state index in [2.05, 4.69) is 0 Å². The normalized spacial score (nSPS) is 9.67. The third-order valence-electron chi connectivity index (χ3n) is 0. The van der Waals surface area contributed by atoms with Gasteiger partial charge in [-0.2, -0.15) is 16.8 Å². The molecule has 0 aliphatic carbocycles. The molecule has 0 fully saturated rings. The fraction of sp³-hybridized carbons (Fsp3) is 0. The summed E-state index contributed by atoms with van der Waals surface area (Å²) in [5.41, 5.74) is 0. The molecule has 0 bridgehead atoms. The number of hydrogen-bond donors (Lipinski definition) is 4. The molecule has 0 atom stereocenters. The van der Waals surface area contributed by atoms with Gasteiger partial charge in [0.1, 0.15) is 0 Å². The third kappa shape index (κ3) is 773. The molecule has 0 aromatic heterocycles. The summed E-state index contributed by atoms with van der Waals surface area (Å²) in [6.07, 6.45) is 0. The summed E-state index contributed by atoms with van der Waals surface area (Å²) in [4.78, 5) is 0. The first-order valence-electron chi connectivity index (χ1n) is 1.40. The van der Waals surface area contributed by atoms with Crippen molar-refractivity contribution in [3.05, 3.63) is 0 Å². The van der Waals surface area contributed by atoms with E-state index in [4.69, 9.17) is 35.0 Å². The van der Waals surface area contributed by atoms with Gasteiger partial charge in [-0.15, -0.1) is 0 Å². The van der Waals surface area contributed by atoms with Gasteiger partial charge < -0.3 is 0 Å². The van der Waals surface area contributed by atoms with Crippen molar-refractivity contribution < 1.29 is 54.5 Å². The molecule has 0 saturated heterocycles. The number of hydrogen-bond acceptors (Lipinski definition) is 4. The van der Waals surface area contributed by atoms with Crippen molar-refractivity contribution in [3.8, 4) is 0 Å². The summed E-state index contributed by atoms with van der Waals surface area (Å²) in [5, 5.41) is 0. The smallest absolute Gasteiger partial charge is 0 e. The van der Waals surface area contributed by atoms with Crippen LogP contribution in [0.4, 0.5) is 0 Å². The topological polar surface area (TPSA) is 149 Å². The standard InChI is InChI=1S/In.2H2O4S.Zn.3H/c;2*1-5(2,3)4;;;;/h;2*(H2,1,2,3,4);;;;. The zero-order chi connectivity index (χ0) is 9.00. The predicted octanol–water partition coefficient (Wildman–Crippen LogP) is -2.49. The second kappa shape index (κ2) is 8.82. The van der Waals surface area contributed by atoms with E-state index in [0.29, 0.717) is 0 Å². The Morgan fingerprint density at radius 2 is 0.667 bits per heavy atom. The van der Waals surface area contributed by atoms with E-state index >= 15 is 0 Å². The second-order valence-electron chi connectivity index (χ2n) is 0.896. The number of rotatable bonds is 0. The van der Waals surface area contributed by atoms with Crippen LogP contribution < -0.4 is 0 Å². The fourth-order valence-corrected chi connectivity index (χ4v) is 0. The van der Waals surface area contributed by atoms with Gasteiger partial charge in [0, 0.05) is 19.5 Å². The molecule has 12 heavy (non-hydrogen) atoms. The minimum Gasteiger partial charge on any atom is 0 e. The Morgan fingerprint density at radius 3 is 0.667 bits per heavy atom. The van der Waals surface area contributed by atoms with Crippen molar-refractivity contribution in [3.63, 3.8) is 0 Å². The fourth-order valence-electron chi connectivity index (χ4n) is 0. The Morgan fingerprint density at radius 1 is 0.667 bits per heavy atom. The quantitative estimate of drug-likeness (QED) is 0.267. The molecule has 8 nitrogen and oxygen atoms in total. The van der Waals surface area contributed by atoms with Crippen molar-refractivity contribution in [2.75, 3.05) is 0 Å². The van der Waals surface area contributed by atoms with Crippen LogP contribution in [0.1, 0.15) is 0 Å². The van der Waals surface area contributed by atoms with Crippen molar-refractivity contribution in [1.29, 1.82) is 0 Å². The average Bonchev–Trinajstić information content (AvgIpc) is 1.12. The van der Waals surface area contributed by atoms with Crippen LogP contribution in [0.3, 0.4) is 0 Å². The molecule has 0 heterocycles. The molecule has 0 spiro atoms. The Balaban J connectivity index is -0.0000000457. The van der Waals surface area contributed by atoms with Crippen LogP contribution in [0, 0.1) is 0 Å². The summed E-state index contributed by atoms with van der Waals surface area (Å²) in [6.45, 7) is 0. The molecule has 72 valence electrons. The van der Waals surface area contributed by atoms with Crippen LogP contribution in [0.2, 0.25) is 0 Å². The van der Waals surface area contributed by atoms with Gasteiger partial charge in [0.15, 0.2) is 0 Å². The molecule has 0 amide bonds. The van der Waals surface area contributed by atoms with Crippen molar-refractivity contribution in [2.45, 2.75) is 0 Å². The van der Waals surface area contributed by atoms with Gasteiger partial charge in [-0.25, -0.2) is 0 Å². The van der Waals surface area contributed by atoms with Crippen molar-refractivity contribution in [2.24, 2.45) is 0 Å². The predicted molar refractivity (Wildman–Crippen MR) is 38.3 cm³/mol. The maximum absolute atomic E-state index is 8.74. The van der Waals surface area contributed by atoms with Gasteiger partial charge in [0.2, 0.25) is 0 Å². The van der Waals surface area contributed by atoms with Gasteiger partial charge in [0.05, 0.1) is 0 Å². The summed E-state index contributed by atoms with van der Waals surface area (Å²) in [5.74, 6) is 0. The van der Waals surface area contributed by atoms with Crippen LogP contribution in [0.5, 0.6) is 0 Å². The monoisotopic (exact) mass is 378 g/mol. The summed E-state index contributed by atoms with van der Waals surface area (Å²) in [6, 6.07) is 0. The van der Waals surface area contributed by atoms with Crippen LogP contribution in [0.25, 0.3) is 0 Å². The minimum atomic E-state index is -4.67. The summed E-state index contributed by atoms with van der Waals surface area (Å²) < 4.78 is 63.2. The van der Waals surface area contributed by atoms with E-state index in [9.17, 15) is 0 Å². The van der Waals surface area contributed by atoms with Gasteiger partial charge >= 0.3 is 46.6 Å². The molecule has 4 N–H and O–H groups in total. The van der Waals surface area contributed by atoms with Gasteiger partial charge in [-0.1, -0.05) is 0 Å². The van der Waals surface area contributed by atoms with E-state index in [1.165, 1.54) is 0 Å². The Hall–Kier alpha value is 1.23. The average molecular weight is 379 g/mol. The third-order valence-corrected chi connectivity index (χ3v) is 0. The van der Waals surface area contributed by atoms with E-state index in [-0.39, 0.29) is 45.3 Å². The van der Waals surface area contributed by atoms with Crippen LogP contribution in [-0.2, 0) is 40.3 Å². The van der Waals surface area contributed by atoms with E-state index < -0.39 is 20.8 Å². The molecule has 0 rings (SSSR count). The Bertz CT molecular complexity index is 213. The minimum absolute atomic E-state index is 0. The zero-order valence-electron chi connectivity index (χ0n) is 4.95. The first-order chi connectivity index (χ1) is 4.00. The molecule has 0 aliphatic heterocycles. The van der Waals surface area contributed by atoms with Crippen molar-refractivity contribution >= 4 is 46.6 Å². The molecule has 0 radical (unpaired) electrons. The maximum atomic E-state index is 8.74. The van der Waals surface area contributed by atoms with Crippen LogP contribution in [-0.4, -0.2) is 60.9 Å². The summed E-state index contributed by atoms with van der Waals surface area (Å²) >= 11 is 0. The zero-order valence-corrected chi connectivity index (χ0v) is 9.55. The SMILES string of the molecule is O=S(=O)(O)O.O=S(=O)(O)O.[InH3].[Zn]. The summed E-state index contributed by atoms with van der Waals surface area (Å²) in [7, 11) is -9.33. The molecule has 0 aromatic rings. The molecular weight excluding hydrogens is 372 g/mol. The second-order valence-corrected chi connectivity index (χ2v) is 2.69. The first-order valence-corrected chi connectivity index (χ1v) is 4.19. The van der Waals surface area contributed by atoms with Gasteiger partial charge in [0.25, 0.3) is 0 Å². The first kappa shape index (κ1) is 23.2. The molecular formula is H7InO8S2Zn. The molecule has 0 aromatic carbocycles. The Kier molecular flexibility index (Phi) is 17.1. The van der Waals surface area contributed by atoms with E-state index in [1.807, 2.05) is 0 Å². The van der Waals surface area contributed by atoms with Gasteiger partial charge in [-0.3, -0.25) is 18.2 Å². The van der Waals surface area contributed by atoms with E-state index in [1.54, 1.807) is 0 Å². The molecule has 0 aliphatic rings. The van der Waals surface area contributed by atoms with Gasteiger partial charge in [-0.05, 0) is 0 Å². The largest absolute Gasteiger partial charge is 0 e. The molecule has 0 saturated carbocycles. The molecule has 0 unspecified atom stereocenters. The maximum Gasteiger partial charge on any atom is 0 e. The van der Waals surface area contributed by atoms with Crippen molar-refractivity contribution in [1.82, 2.24) is 0 Å². The van der Waals surface area contributed by atoms with Crippen LogP contribution in [0.15, 0.2) is 0 Å².